The molecule has 1 aromatic carbocycles. The smallest absolute Gasteiger partial charge is 0.270 e. The third kappa shape index (κ3) is 4.22. The lowest BCUT2D eigenvalue weighted by Gasteiger charge is -2.08. The minimum Gasteiger partial charge on any atom is -0.383 e. The highest BCUT2D eigenvalue weighted by molar-refractivity contribution is 5.92. The monoisotopic (exact) mass is 290 g/mol. The molecule has 2 aromatic rings. The average molecular weight is 290 g/mol. The third-order valence-electron chi connectivity index (χ3n) is 2.63. The van der Waals surface area contributed by atoms with Gasteiger partial charge in [0, 0.05) is 19.7 Å². The molecule has 110 valence electrons. The third-order valence-corrected chi connectivity index (χ3v) is 2.63. The number of nitrogens with zero attached hydrogens (tertiary/aromatic N) is 2. The molecule has 0 saturated carbocycles. The standard InChI is InChI=1S/C14H15FN4O2/c1-21-7-6-16-14(20)12-8-13(18-9-17-12)19-11-5-3-2-4-10(11)15/h2-5,8-9H,6-7H2,1H3,(H,16,20)(H,17,18,19). The lowest BCUT2D eigenvalue weighted by Crippen LogP contribution is -2.27. The second-order valence-electron chi connectivity index (χ2n) is 4.14. The van der Waals surface area contributed by atoms with E-state index in [-0.39, 0.29) is 17.3 Å². The van der Waals surface area contributed by atoms with Gasteiger partial charge in [0.2, 0.25) is 0 Å². The van der Waals surface area contributed by atoms with Gasteiger partial charge in [-0.05, 0) is 12.1 Å². The van der Waals surface area contributed by atoms with Crippen molar-refractivity contribution in [3.05, 3.63) is 48.2 Å². The highest BCUT2D eigenvalue weighted by Gasteiger charge is 2.09. The number of hydrogen-bond acceptors (Lipinski definition) is 5. The molecule has 0 aliphatic heterocycles. The Labute approximate surface area is 121 Å². The summed E-state index contributed by atoms with van der Waals surface area (Å²) in [5.74, 6) is -0.403. The predicted molar refractivity (Wildman–Crippen MR) is 75.9 cm³/mol. The van der Waals surface area contributed by atoms with Gasteiger partial charge in [0.15, 0.2) is 0 Å². The number of carbonyl (C=O) groups is 1. The molecule has 1 heterocycles. The van der Waals surface area contributed by atoms with Crippen LogP contribution < -0.4 is 10.6 Å². The number of carbonyl (C=O) groups excluding carboxylic acids is 1. The second kappa shape index (κ2) is 7.30. The lowest BCUT2D eigenvalue weighted by molar-refractivity contribution is 0.0932. The summed E-state index contributed by atoms with van der Waals surface area (Å²) in [5, 5.41) is 5.45. The summed E-state index contributed by atoms with van der Waals surface area (Å²) in [6.07, 6.45) is 1.24. The first-order valence-corrected chi connectivity index (χ1v) is 6.31. The number of methoxy groups -OCH3 is 1. The van der Waals surface area contributed by atoms with E-state index in [1.54, 1.807) is 25.3 Å². The summed E-state index contributed by atoms with van der Waals surface area (Å²) in [7, 11) is 1.55. The lowest BCUT2D eigenvalue weighted by atomic mass is 10.3. The Kier molecular flexibility index (Phi) is 5.16. The largest absolute Gasteiger partial charge is 0.383 e. The minimum absolute atomic E-state index is 0.194. The number of hydrogen-bond donors (Lipinski definition) is 2. The van der Waals surface area contributed by atoms with Crippen molar-refractivity contribution in [2.45, 2.75) is 0 Å². The van der Waals surface area contributed by atoms with E-state index in [1.165, 1.54) is 18.5 Å². The van der Waals surface area contributed by atoms with Gasteiger partial charge < -0.3 is 15.4 Å². The number of anilines is 2. The normalized spacial score (nSPS) is 10.2. The van der Waals surface area contributed by atoms with Crippen molar-refractivity contribution in [1.82, 2.24) is 15.3 Å². The SMILES string of the molecule is COCCNC(=O)c1cc(Nc2ccccc2F)ncn1. The fourth-order valence-corrected chi connectivity index (χ4v) is 1.61. The van der Waals surface area contributed by atoms with Crippen LogP contribution in [0.1, 0.15) is 10.5 Å². The molecule has 0 bridgehead atoms. The maximum Gasteiger partial charge on any atom is 0.270 e. The zero-order valence-electron chi connectivity index (χ0n) is 11.5. The number of nitrogens with one attached hydrogen (secondary N) is 2. The van der Waals surface area contributed by atoms with E-state index in [0.29, 0.717) is 19.0 Å². The Hall–Kier alpha value is -2.54. The van der Waals surface area contributed by atoms with Crippen LogP contribution in [0.25, 0.3) is 0 Å². The van der Waals surface area contributed by atoms with E-state index in [2.05, 4.69) is 20.6 Å². The van der Waals surface area contributed by atoms with Crippen LogP contribution in [0, 0.1) is 5.82 Å². The zero-order chi connectivity index (χ0) is 15.1. The topological polar surface area (TPSA) is 76.1 Å². The minimum atomic E-state index is -0.401. The van der Waals surface area contributed by atoms with E-state index in [0.717, 1.165) is 0 Å². The Balaban J connectivity index is 2.07. The molecule has 21 heavy (non-hydrogen) atoms. The van der Waals surface area contributed by atoms with Gasteiger partial charge in [0.05, 0.1) is 12.3 Å². The fourth-order valence-electron chi connectivity index (χ4n) is 1.61. The highest BCUT2D eigenvalue weighted by atomic mass is 19.1. The highest BCUT2D eigenvalue weighted by Crippen LogP contribution is 2.17. The molecule has 0 atom stereocenters. The Morgan fingerprint density at radius 2 is 2.14 bits per heavy atom. The van der Waals surface area contributed by atoms with Crippen molar-refractivity contribution in [2.24, 2.45) is 0 Å². The molecular weight excluding hydrogens is 275 g/mol. The van der Waals surface area contributed by atoms with E-state index in [9.17, 15) is 9.18 Å². The average Bonchev–Trinajstić information content (AvgIpc) is 2.50. The van der Waals surface area contributed by atoms with Crippen LogP contribution in [0.15, 0.2) is 36.7 Å². The van der Waals surface area contributed by atoms with Gasteiger partial charge in [-0.15, -0.1) is 0 Å². The van der Waals surface area contributed by atoms with Gasteiger partial charge >= 0.3 is 0 Å². The molecule has 0 aliphatic rings. The number of ether oxygens (including phenoxy) is 1. The van der Waals surface area contributed by atoms with Gasteiger partial charge in [-0.3, -0.25) is 4.79 Å². The number of amides is 1. The number of para-hydroxylation sites is 1. The Bertz CT molecular complexity index is 621. The van der Waals surface area contributed by atoms with Crippen LogP contribution in [0.4, 0.5) is 15.9 Å². The number of halogens is 1. The molecule has 0 aliphatic carbocycles. The first-order chi connectivity index (χ1) is 10.2. The molecule has 7 heteroatoms. The van der Waals surface area contributed by atoms with Crippen LogP contribution in [0.3, 0.4) is 0 Å². The molecule has 1 aromatic heterocycles. The zero-order valence-corrected chi connectivity index (χ0v) is 11.5. The quantitative estimate of drug-likeness (QED) is 0.792. The van der Waals surface area contributed by atoms with Crippen molar-refractivity contribution in [3.8, 4) is 0 Å². The van der Waals surface area contributed by atoms with Crippen LogP contribution >= 0.6 is 0 Å². The summed E-state index contributed by atoms with van der Waals surface area (Å²) in [6.45, 7) is 0.798. The molecule has 0 spiro atoms. The molecule has 2 N–H and O–H groups in total. The number of benzene rings is 1. The summed E-state index contributed by atoms with van der Waals surface area (Å²) < 4.78 is 18.4. The fraction of sp³-hybridized carbons (Fsp3) is 0.214. The van der Waals surface area contributed by atoms with Crippen LogP contribution in [-0.4, -0.2) is 36.1 Å². The predicted octanol–water partition coefficient (Wildman–Crippen LogP) is 1.74. The van der Waals surface area contributed by atoms with E-state index < -0.39 is 5.82 Å². The molecule has 0 fully saturated rings. The van der Waals surface area contributed by atoms with Crippen molar-refractivity contribution in [1.29, 1.82) is 0 Å². The van der Waals surface area contributed by atoms with Gasteiger partial charge in [0.25, 0.3) is 5.91 Å². The van der Waals surface area contributed by atoms with E-state index >= 15 is 0 Å². The van der Waals surface area contributed by atoms with Crippen LogP contribution in [0.2, 0.25) is 0 Å². The molecule has 1 amide bonds. The van der Waals surface area contributed by atoms with E-state index in [1.807, 2.05) is 0 Å². The molecule has 2 rings (SSSR count). The Morgan fingerprint density at radius 1 is 1.33 bits per heavy atom. The van der Waals surface area contributed by atoms with Crippen LogP contribution in [-0.2, 0) is 4.74 Å². The molecule has 0 radical (unpaired) electrons. The summed E-state index contributed by atoms with van der Waals surface area (Å²) in [6, 6.07) is 7.66. The summed E-state index contributed by atoms with van der Waals surface area (Å²) in [4.78, 5) is 19.7. The maximum atomic E-state index is 13.5. The molecule has 0 saturated heterocycles. The van der Waals surface area contributed by atoms with Crippen molar-refractivity contribution < 1.29 is 13.9 Å². The van der Waals surface area contributed by atoms with Crippen LogP contribution in [0.5, 0.6) is 0 Å². The summed E-state index contributed by atoms with van der Waals surface area (Å²) >= 11 is 0. The van der Waals surface area contributed by atoms with Crippen molar-refractivity contribution in [3.63, 3.8) is 0 Å². The van der Waals surface area contributed by atoms with Gasteiger partial charge in [-0.2, -0.15) is 0 Å². The first kappa shape index (κ1) is 14.9. The van der Waals surface area contributed by atoms with E-state index in [4.69, 9.17) is 4.74 Å². The number of aromatic nitrogens is 2. The maximum absolute atomic E-state index is 13.5. The van der Waals surface area contributed by atoms with Gasteiger partial charge in [-0.1, -0.05) is 12.1 Å². The summed E-state index contributed by atoms with van der Waals surface area (Å²) in [5.41, 5.74) is 0.474. The molecule has 6 nitrogen and oxygen atoms in total. The first-order valence-electron chi connectivity index (χ1n) is 6.31. The Morgan fingerprint density at radius 3 is 2.90 bits per heavy atom. The van der Waals surface area contributed by atoms with Crippen molar-refractivity contribution in [2.75, 3.05) is 25.6 Å². The number of rotatable bonds is 6. The van der Waals surface area contributed by atoms with Gasteiger partial charge in [-0.25, -0.2) is 14.4 Å². The van der Waals surface area contributed by atoms with Gasteiger partial charge in [0.1, 0.15) is 23.7 Å². The molecule has 0 unspecified atom stereocenters. The van der Waals surface area contributed by atoms with Crippen molar-refractivity contribution >= 4 is 17.4 Å². The second-order valence-corrected chi connectivity index (χ2v) is 4.14. The molecular formula is C14H15FN4O2.